The number of aromatic nitrogens is 3. The number of H-pyrrole nitrogens is 1. The van der Waals surface area contributed by atoms with Crippen LogP contribution in [0.5, 0.6) is 0 Å². The second-order valence-electron chi connectivity index (χ2n) is 4.50. The van der Waals surface area contributed by atoms with E-state index in [0.717, 1.165) is 29.1 Å². The SMILES string of the molecule is Fc1cnc(NCc2ccc(-c3ccn[nH]3)cc2)c(F)c1. The molecule has 2 N–H and O–H groups in total. The minimum absolute atomic E-state index is 0.0362. The van der Waals surface area contributed by atoms with Gasteiger partial charge in [0, 0.05) is 18.8 Å². The van der Waals surface area contributed by atoms with Gasteiger partial charge in [0.15, 0.2) is 11.6 Å². The molecule has 0 unspecified atom stereocenters. The lowest BCUT2D eigenvalue weighted by Crippen LogP contribution is -2.04. The molecule has 1 aromatic carbocycles. The van der Waals surface area contributed by atoms with Crippen LogP contribution < -0.4 is 5.32 Å². The number of nitrogens with zero attached hydrogens (tertiary/aromatic N) is 2. The van der Waals surface area contributed by atoms with E-state index in [-0.39, 0.29) is 5.82 Å². The van der Waals surface area contributed by atoms with Gasteiger partial charge < -0.3 is 5.32 Å². The predicted octanol–water partition coefficient (Wildman–Crippen LogP) is 3.36. The summed E-state index contributed by atoms with van der Waals surface area (Å²) in [5.74, 6) is -1.36. The number of rotatable bonds is 4. The number of nitrogens with one attached hydrogen (secondary N) is 2. The molecule has 0 spiro atoms. The van der Waals surface area contributed by atoms with Crippen LogP contribution >= 0.6 is 0 Å². The molecular formula is C15H12F2N4. The first-order valence-electron chi connectivity index (χ1n) is 6.36. The molecule has 0 saturated heterocycles. The fourth-order valence-corrected chi connectivity index (χ4v) is 1.95. The Kier molecular flexibility index (Phi) is 3.59. The van der Waals surface area contributed by atoms with E-state index in [0.29, 0.717) is 6.54 Å². The molecular weight excluding hydrogens is 274 g/mol. The lowest BCUT2D eigenvalue weighted by molar-refractivity contribution is 0.575. The lowest BCUT2D eigenvalue weighted by Gasteiger charge is -2.07. The third-order valence-corrected chi connectivity index (χ3v) is 3.03. The van der Waals surface area contributed by atoms with Crippen LogP contribution in [0, 0.1) is 11.6 Å². The molecule has 3 aromatic rings. The standard InChI is InChI=1S/C15H12F2N4/c16-12-7-13(17)15(19-9-12)18-8-10-1-3-11(4-2-10)14-5-6-20-21-14/h1-7,9H,8H2,(H,18,19)(H,20,21). The van der Waals surface area contributed by atoms with Gasteiger partial charge in [0.2, 0.25) is 0 Å². The molecule has 0 atom stereocenters. The van der Waals surface area contributed by atoms with Crippen molar-refractivity contribution >= 4 is 5.82 Å². The van der Waals surface area contributed by atoms with E-state index in [4.69, 9.17) is 0 Å². The number of hydrogen-bond donors (Lipinski definition) is 2. The normalized spacial score (nSPS) is 10.6. The Morgan fingerprint density at radius 3 is 2.57 bits per heavy atom. The molecule has 21 heavy (non-hydrogen) atoms. The summed E-state index contributed by atoms with van der Waals surface area (Å²) in [6.45, 7) is 0.402. The summed E-state index contributed by atoms with van der Waals surface area (Å²) in [6, 6.07) is 10.4. The smallest absolute Gasteiger partial charge is 0.168 e. The topological polar surface area (TPSA) is 53.6 Å². The van der Waals surface area contributed by atoms with Crippen molar-refractivity contribution in [2.75, 3.05) is 5.32 Å². The largest absolute Gasteiger partial charge is 0.364 e. The van der Waals surface area contributed by atoms with Gasteiger partial charge in [-0.2, -0.15) is 5.10 Å². The number of hydrogen-bond acceptors (Lipinski definition) is 3. The van der Waals surface area contributed by atoms with Gasteiger partial charge in [-0.25, -0.2) is 13.8 Å². The molecule has 2 aromatic heterocycles. The van der Waals surface area contributed by atoms with E-state index < -0.39 is 11.6 Å². The van der Waals surface area contributed by atoms with Gasteiger partial charge in [-0.05, 0) is 17.2 Å². The van der Waals surface area contributed by atoms with Crippen LogP contribution in [-0.4, -0.2) is 15.2 Å². The highest BCUT2D eigenvalue weighted by molar-refractivity contribution is 5.58. The van der Waals surface area contributed by atoms with Crippen molar-refractivity contribution in [3.8, 4) is 11.3 Å². The minimum atomic E-state index is -0.705. The Labute approximate surface area is 119 Å². The van der Waals surface area contributed by atoms with E-state index in [1.807, 2.05) is 30.3 Å². The van der Waals surface area contributed by atoms with Gasteiger partial charge in [0.1, 0.15) is 5.82 Å². The summed E-state index contributed by atoms with van der Waals surface area (Å²) >= 11 is 0. The molecule has 0 aliphatic rings. The van der Waals surface area contributed by atoms with E-state index in [9.17, 15) is 8.78 Å². The van der Waals surface area contributed by atoms with E-state index in [1.54, 1.807) is 6.20 Å². The summed E-state index contributed by atoms with van der Waals surface area (Å²) in [5, 5.41) is 9.62. The number of anilines is 1. The average Bonchev–Trinajstić information content (AvgIpc) is 3.01. The van der Waals surface area contributed by atoms with Crippen molar-refractivity contribution in [2.24, 2.45) is 0 Å². The molecule has 0 saturated carbocycles. The Morgan fingerprint density at radius 1 is 1.10 bits per heavy atom. The zero-order valence-electron chi connectivity index (χ0n) is 11.0. The van der Waals surface area contributed by atoms with Crippen LogP contribution in [0.2, 0.25) is 0 Å². The molecule has 6 heteroatoms. The second-order valence-corrected chi connectivity index (χ2v) is 4.50. The third kappa shape index (κ3) is 3.05. The van der Waals surface area contributed by atoms with Gasteiger partial charge >= 0.3 is 0 Å². The predicted molar refractivity (Wildman–Crippen MR) is 75.5 cm³/mol. The fraction of sp³-hybridized carbons (Fsp3) is 0.0667. The van der Waals surface area contributed by atoms with Crippen molar-refractivity contribution < 1.29 is 8.78 Å². The van der Waals surface area contributed by atoms with Crippen molar-refractivity contribution in [3.05, 3.63) is 66.0 Å². The molecule has 0 bridgehead atoms. The van der Waals surface area contributed by atoms with Gasteiger partial charge in [0.25, 0.3) is 0 Å². The zero-order valence-corrected chi connectivity index (χ0v) is 11.0. The highest BCUT2D eigenvalue weighted by atomic mass is 19.1. The molecule has 0 aliphatic heterocycles. The van der Waals surface area contributed by atoms with E-state index in [1.165, 1.54) is 0 Å². The van der Waals surface area contributed by atoms with Crippen LogP contribution in [0.3, 0.4) is 0 Å². The first-order chi connectivity index (χ1) is 10.2. The summed E-state index contributed by atoms with van der Waals surface area (Å²) in [7, 11) is 0. The van der Waals surface area contributed by atoms with Crippen molar-refractivity contribution in [1.29, 1.82) is 0 Å². The quantitative estimate of drug-likeness (QED) is 0.773. The molecule has 3 rings (SSSR count). The molecule has 0 radical (unpaired) electrons. The summed E-state index contributed by atoms with van der Waals surface area (Å²) in [4.78, 5) is 3.68. The molecule has 0 aliphatic carbocycles. The Bertz CT molecular complexity index is 724. The van der Waals surface area contributed by atoms with Crippen LogP contribution in [0.1, 0.15) is 5.56 Å². The first kappa shape index (κ1) is 13.2. The zero-order chi connectivity index (χ0) is 14.7. The maximum atomic E-state index is 13.4. The molecule has 0 amide bonds. The maximum absolute atomic E-state index is 13.4. The lowest BCUT2D eigenvalue weighted by atomic mass is 10.1. The summed E-state index contributed by atoms with van der Waals surface area (Å²) in [6.07, 6.45) is 2.67. The van der Waals surface area contributed by atoms with Crippen LogP contribution in [0.15, 0.2) is 48.8 Å². The highest BCUT2D eigenvalue weighted by Crippen LogP contribution is 2.18. The third-order valence-electron chi connectivity index (χ3n) is 3.03. The molecule has 4 nitrogen and oxygen atoms in total. The van der Waals surface area contributed by atoms with Gasteiger partial charge in [-0.15, -0.1) is 0 Å². The minimum Gasteiger partial charge on any atom is -0.364 e. The van der Waals surface area contributed by atoms with Crippen LogP contribution in [-0.2, 0) is 6.54 Å². The second kappa shape index (κ2) is 5.70. The summed E-state index contributed by atoms with van der Waals surface area (Å²) in [5.41, 5.74) is 2.91. The number of benzene rings is 1. The number of pyridine rings is 1. The maximum Gasteiger partial charge on any atom is 0.168 e. The Morgan fingerprint density at radius 2 is 1.90 bits per heavy atom. The first-order valence-corrected chi connectivity index (χ1v) is 6.36. The van der Waals surface area contributed by atoms with Crippen LogP contribution in [0.25, 0.3) is 11.3 Å². The molecule has 106 valence electrons. The van der Waals surface area contributed by atoms with Gasteiger partial charge in [-0.1, -0.05) is 24.3 Å². The molecule has 2 heterocycles. The van der Waals surface area contributed by atoms with Crippen molar-refractivity contribution in [1.82, 2.24) is 15.2 Å². The van der Waals surface area contributed by atoms with Gasteiger partial charge in [0.05, 0.1) is 11.9 Å². The molecule has 0 fully saturated rings. The Hall–Kier alpha value is -2.76. The van der Waals surface area contributed by atoms with Crippen molar-refractivity contribution in [2.45, 2.75) is 6.54 Å². The fourth-order valence-electron chi connectivity index (χ4n) is 1.95. The van der Waals surface area contributed by atoms with Crippen molar-refractivity contribution in [3.63, 3.8) is 0 Å². The van der Waals surface area contributed by atoms with E-state index >= 15 is 0 Å². The monoisotopic (exact) mass is 286 g/mol. The number of aromatic amines is 1. The average molecular weight is 286 g/mol. The number of halogens is 2. The van der Waals surface area contributed by atoms with E-state index in [2.05, 4.69) is 20.5 Å². The highest BCUT2D eigenvalue weighted by Gasteiger charge is 2.05. The van der Waals surface area contributed by atoms with Crippen LogP contribution in [0.4, 0.5) is 14.6 Å². The Balaban J connectivity index is 1.68. The summed E-state index contributed by atoms with van der Waals surface area (Å²) < 4.78 is 26.2. The van der Waals surface area contributed by atoms with Gasteiger partial charge in [-0.3, -0.25) is 5.10 Å².